The van der Waals surface area contributed by atoms with Gasteiger partial charge in [-0.15, -0.1) is 11.6 Å². The van der Waals surface area contributed by atoms with E-state index in [2.05, 4.69) is 30.1 Å². The summed E-state index contributed by atoms with van der Waals surface area (Å²) in [5.74, 6) is 0. The molecule has 0 amide bonds. The van der Waals surface area contributed by atoms with E-state index in [0.29, 0.717) is 0 Å². The third-order valence-electron chi connectivity index (χ3n) is 1.92. The fourth-order valence-electron chi connectivity index (χ4n) is 1.43. The molecule has 0 saturated heterocycles. The van der Waals surface area contributed by atoms with Crippen LogP contribution < -0.4 is 10.6 Å². The van der Waals surface area contributed by atoms with Gasteiger partial charge in [0.2, 0.25) is 0 Å². The second-order valence-corrected chi connectivity index (χ2v) is 3.50. The van der Waals surface area contributed by atoms with E-state index in [4.69, 9.17) is 11.6 Å². The molecule has 1 nitrogen and oxygen atoms in total. The molecule has 58 valence electrons. The Morgan fingerprint density at radius 1 is 1.64 bits per heavy atom. The Morgan fingerprint density at radius 3 is 3.27 bits per heavy atom. The SMILES string of the molecule is Cc1cc2c([nH]1)=CCC(Cl)C=2. The lowest BCUT2D eigenvalue weighted by Gasteiger charge is -2.01. The van der Waals surface area contributed by atoms with Crippen LogP contribution in [0.4, 0.5) is 0 Å². The first-order valence-corrected chi connectivity index (χ1v) is 4.21. The highest BCUT2D eigenvalue weighted by atomic mass is 35.5. The quantitative estimate of drug-likeness (QED) is 0.553. The van der Waals surface area contributed by atoms with Gasteiger partial charge in [0.05, 0.1) is 5.38 Å². The largest absolute Gasteiger partial charge is 0.359 e. The Morgan fingerprint density at radius 2 is 2.45 bits per heavy atom. The summed E-state index contributed by atoms with van der Waals surface area (Å²) in [5, 5.41) is 2.64. The zero-order valence-electron chi connectivity index (χ0n) is 6.39. The van der Waals surface area contributed by atoms with Gasteiger partial charge in [0.1, 0.15) is 0 Å². The lowest BCUT2D eigenvalue weighted by Crippen LogP contribution is -2.27. The topological polar surface area (TPSA) is 15.8 Å². The smallest absolute Gasteiger partial charge is 0.0560 e. The summed E-state index contributed by atoms with van der Waals surface area (Å²) in [6.07, 6.45) is 5.19. The molecule has 1 N–H and O–H groups in total. The van der Waals surface area contributed by atoms with Crippen LogP contribution in [-0.2, 0) is 0 Å². The van der Waals surface area contributed by atoms with Crippen molar-refractivity contribution < 1.29 is 0 Å². The number of halogens is 1. The van der Waals surface area contributed by atoms with Crippen LogP contribution in [-0.4, -0.2) is 10.4 Å². The molecule has 1 aromatic rings. The molecule has 11 heavy (non-hydrogen) atoms. The maximum absolute atomic E-state index is 5.95. The molecule has 1 aliphatic rings. The summed E-state index contributed by atoms with van der Waals surface area (Å²) >= 11 is 5.95. The monoisotopic (exact) mass is 167 g/mol. The molecule has 2 heteroatoms. The van der Waals surface area contributed by atoms with E-state index in [1.54, 1.807) is 0 Å². The van der Waals surface area contributed by atoms with Crippen molar-refractivity contribution in [3.63, 3.8) is 0 Å². The van der Waals surface area contributed by atoms with Gasteiger partial charge in [0, 0.05) is 11.0 Å². The number of rotatable bonds is 0. The predicted octanol–water partition coefficient (Wildman–Crippen LogP) is 0.895. The van der Waals surface area contributed by atoms with Gasteiger partial charge in [-0.25, -0.2) is 0 Å². The average Bonchev–Trinajstić information content (AvgIpc) is 2.27. The van der Waals surface area contributed by atoms with Crippen molar-refractivity contribution in [1.29, 1.82) is 0 Å². The number of hydrogen-bond acceptors (Lipinski definition) is 0. The van der Waals surface area contributed by atoms with Crippen molar-refractivity contribution in [3.05, 3.63) is 22.3 Å². The van der Waals surface area contributed by atoms with E-state index in [9.17, 15) is 0 Å². The van der Waals surface area contributed by atoms with Crippen LogP contribution in [0.3, 0.4) is 0 Å². The molecule has 0 saturated carbocycles. The predicted molar refractivity (Wildman–Crippen MR) is 48.0 cm³/mol. The van der Waals surface area contributed by atoms with Crippen LogP contribution in [0.1, 0.15) is 12.1 Å². The van der Waals surface area contributed by atoms with Crippen molar-refractivity contribution in [2.45, 2.75) is 18.7 Å². The van der Waals surface area contributed by atoms with E-state index in [1.165, 1.54) is 16.3 Å². The average molecular weight is 168 g/mol. The molecule has 1 aromatic heterocycles. The fourth-order valence-corrected chi connectivity index (χ4v) is 1.66. The zero-order valence-corrected chi connectivity index (χ0v) is 7.15. The minimum atomic E-state index is 0.178. The van der Waals surface area contributed by atoms with E-state index in [-0.39, 0.29) is 5.38 Å². The van der Waals surface area contributed by atoms with Crippen molar-refractivity contribution in [2.24, 2.45) is 0 Å². The summed E-state index contributed by atoms with van der Waals surface area (Å²) in [7, 11) is 0. The van der Waals surface area contributed by atoms with Gasteiger partial charge in [-0.3, -0.25) is 0 Å². The van der Waals surface area contributed by atoms with Gasteiger partial charge in [-0.2, -0.15) is 0 Å². The van der Waals surface area contributed by atoms with Gasteiger partial charge in [-0.05, 0) is 24.6 Å². The highest BCUT2D eigenvalue weighted by Crippen LogP contribution is 2.05. The number of fused-ring (bicyclic) bond motifs is 1. The number of aryl methyl sites for hydroxylation is 1. The molecule has 0 spiro atoms. The first-order chi connectivity index (χ1) is 5.25. The Labute approximate surface area is 70.4 Å². The van der Waals surface area contributed by atoms with Crippen molar-refractivity contribution in [1.82, 2.24) is 4.98 Å². The van der Waals surface area contributed by atoms with Crippen molar-refractivity contribution in [2.75, 3.05) is 0 Å². The minimum Gasteiger partial charge on any atom is -0.359 e. The van der Waals surface area contributed by atoms with Crippen LogP contribution in [0, 0.1) is 6.92 Å². The van der Waals surface area contributed by atoms with Gasteiger partial charge >= 0.3 is 0 Å². The summed E-state index contributed by atoms with van der Waals surface area (Å²) in [6, 6.07) is 2.13. The maximum atomic E-state index is 5.95. The van der Waals surface area contributed by atoms with Gasteiger partial charge in [-0.1, -0.05) is 12.2 Å². The van der Waals surface area contributed by atoms with E-state index in [0.717, 1.165) is 6.42 Å². The van der Waals surface area contributed by atoms with Crippen molar-refractivity contribution in [3.8, 4) is 0 Å². The van der Waals surface area contributed by atoms with E-state index in [1.807, 2.05) is 0 Å². The molecule has 1 atom stereocenters. The summed E-state index contributed by atoms with van der Waals surface area (Å²) in [5.41, 5.74) is 1.20. The number of aromatic nitrogens is 1. The number of nitrogens with one attached hydrogen (secondary N) is 1. The highest BCUT2D eigenvalue weighted by molar-refractivity contribution is 6.24. The van der Waals surface area contributed by atoms with Crippen LogP contribution in [0.5, 0.6) is 0 Å². The third-order valence-corrected chi connectivity index (χ3v) is 2.23. The fraction of sp³-hybridized carbons (Fsp3) is 0.333. The molecular formula is C9H10ClN. The Kier molecular flexibility index (Phi) is 1.53. The molecule has 0 fully saturated rings. The molecular weight excluding hydrogens is 158 g/mol. The van der Waals surface area contributed by atoms with Gasteiger partial charge in [0.15, 0.2) is 0 Å². The number of aromatic amines is 1. The Hall–Kier alpha value is -0.690. The second-order valence-electron chi connectivity index (χ2n) is 2.94. The summed E-state index contributed by atoms with van der Waals surface area (Å²) in [6.45, 7) is 2.06. The van der Waals surface area contributed by atoms with Crippen LogP contribution in [0.2, 0.25) is 0 Å². The Balaban J connectivity index is 2.72. The molecule has 1 heterocycles. The standard InChI is InChI=1S/C9H10ClN/c1-6-4-7-5-8(10)2-3-9(7)11-6/h3-5,8,11H,2H2,1H3. The van der Waals surface area contributed by atoms with E-state index < -0.39 is 0 Å². The van der Waals surface area contributed by atoms with Crippen LogP contribution >= 0.6 is 11.6 Å². The number of alkyl halides is 1. The Bertz CT molecular complexity index is 375. The summed E-state index contributed by atoms with van der Waals surface area (Å²) in [4.78, 5) is 3.27. The minimum absolute atomic E-state index is 0.178. The van der Waals surface area contributed by atoms with Crippen LogP contribution in [0.25, 0.3) is 12.2 Å². The highest BCUT2D eigenvalue weighted by Gasteiger charge is 2.03. The van der Waals surface area contributed by atoms with Crippen LogP contribution in [0.15, 0.2) is 6.07 Å². The van der Waals surface area contributed by atoms with Crippen molar-refractivity contribution >= 4 is 23.8 Å². The third kappa shape index (κ3) is 1.21. The second kappa shape index (κ2) is 2.42. The molecule has 2 rings (SSSR count). The molecule has 1 aliphatic carbocycles. The molecule has 1 unspecified atom stereocenters. The van der Waals surface area contributed by atoms with E-state index >= 15 is 0 Å². The maximum Gasteiger partial charge on any atom is 0.0560 e. The lowest BCUT2D eigenvalue weighted by atomic mass is 10.2. The molecule has 0 radical (unpaired) electrons. The lowest BCUT2D eigenvalue weighted by molar-refractivity contribution is 1.10. The first-order valence-electron chi connectivity index (χ1n) is 3.77. The summed E-state index contributed by atoms with van der Waals surface area (Å²) < 4.78 is 0. The number of H-pyrrole nitrogens is 1. The molecule has 0 aromatic carbocycles. The first kappa shape index (κ1) is 6.99. The number of hydrogen-bond donors (Lipinski definition) is 1. The van der Waals surface area contributed by atoms with Gasteiger partial charge in [0.25, 0.3) is 0 Å². The molecule has 0 aliphatic heterocycles. The normalized spacial score (nSPS) is 21.8. The van der Waals surface area contributed by atoms with Gasteiger partial charge < -0.3 is 4.98 Å². The molecule has 0 bridgehead atoms. The zero-order chi connectivity index (χ0) is 7.84.